The smallest absolute Gasteiger partial charge is 0.271 e. The second kappa shape index (κ2) is 5.29. The zero-order valence-electron chi connectivity index (χ0n) is 11.7. The van der Waals surface area contributed by atoms with Crippen molar-refractivity contribution in [1.82, 2.24) is 29.3 Å². The number of hydrogen-bond donors (Lipinski definition) is 1. The summed E-state index contributed by atoms with van der Waals surface area (Å²) in [5.41, 5.74) is 0.299. The first kappa shape index (κ1) is 13.6. The first-order valence-corrected chi connectivity index (χ1v) is 7.64. The second-order valence-electron chi connectivity index (χ2n) is 4.76. The van der Waals surface area contributed by atoms with Crippen molar-refractivity contribution in [3.63, 3.8) is 0 Å². The number of rotatable bonds is 3. The van der Waals surface area contributed by atoms with Gasteiger partial charge in [0.05, 0.1) is 6.54 Å². The van der Waals surface area contributed by atoms with Gasteiger partial charge >= 0.3 is 0 Å². The highest BCUT2D eigenvalue weighted by Crippen LogP contribution is 2.06. The summed E-state index contributed by atoms with van der Waals surface area (Å²) in [4.78, 5) is 29.1. The molecule has 0 saturated carbocycles. The Morgan fingerprint density at radius 3 is 3.04 bits per heavy atom. The van der Waals surface area contributed by atoms with Crippen LogP contribution in [-0.2, 0) is 6.54 Å². The minimum Gasteiger partial charge on any atom is -0.344 e. The molecule has 0 saturated heterocycles. The van der Waals surface area contributed by atoms with Gasteiger partial charge in [-0.15, -0.1) is 21.5 Å². The maximum absolute atomic E-state index is 12.2. The van der Waals surface area contributed by atoms with Crippen molar-refractivity contribution in [3.8, 4) is 0 Å². The Labute approximate surface area is 133 Å². The Balaban J connectivity index is 1.60. The number of nitrogens with one attached hydrogen (secondary N) is 1. The lowest BCUT2D eigenvalue weighted by atomic mass is 10.3. The minimum atomic E-state index is -0.490. The topological polar surface area (TPSA) is 93.7 Å². The summed E-state index contributed by atoms with van der Waals surface area (Å²) >= 11 is 1.33. The normalized spacial score (nSPS) is 11.1. The molecular weight excluding hydrogens is 316 g/mol. The second-order valence-corrected chi connectivity index (χ2v) is 5.63. The third-order valence-electron chi connectivity index (χ3n) is 3.38. The number of nitrogens with zero attached hydrogens (tertiary/aromatic N) is 5. The summed E-state index contributed by atoms with van der Waals surface area (Å²) in [6, 6.07) is 5.52. The van der Waals surface area contributed by atoms with Crippen molar-refractivity contribution < 1.29 is 4.79 Å². The van der Waals surface area contributed by atoms with Crippen LogP contribution in [0.15, 0.2) is 47.0 Å². The van der Waals surface area contributed by atoms with Gasteiger partial charge in [-0.05, 0) is 12.1 Å². The third kappa shape index (κ3) is 2.27. The Morgan fingerprint density at radius 1 is 1.22 bits per heavy atom. The maximum Gasteiger partial charge on any atom is 0.271 e. The standard InChI is InChI=1S/C14H10N6O2S/c21-12(9-7-16-14-20(13(9)22)5-6-23-14)15-8-11-18-17-10-3-1-2-4-19(10)11/h1-7H,8H2,(H,15,21). The fourth-order valence-corrected chi connectivity index (χ4v) is 2.92. The quantitative estimate of drug-likeness (QED) is 0.599. The van der Waals surface area contributed by atoms with Crippen LogP contribution >= 0.6 is 11.3 Å². The van der Waals surface area contributed by atoms with Gasteiger partial charge in [0.15, 0.2) is 16.4 Å². The number of aromatic nitrogens is 5. The van der Waals surface area contributed by atoms with E-state index in [9.17, 15) is 9.59 Å². The monoisotopic (exact) mass is 326 g/mol. The van der Waals surface area contributed by atoms with Crippen LogP contribution in [0.5, 0.6) is 0 Å². The Hall–Kier alpha value is -3.07. The fraction of sp³-hybridized carbons (Fsp3) is 0.0714. The van der Waals surface area contributed by atoms with Crippen molar-refractivity contribution in [1.29, 1.82) is 0 Å². The van der Waals surface area contributed by atoms with Crippen LogP contribution in [0.4, 0.5) is 0 Å². The average Bonchev–Trinajstić information content (AvgIpc) is 3.20. The van der Waals surface area contributed by atoms with Gasteiger partial charge in [0.2, 0.25) is 0 Å². The van der Waals surface area contributed by atoms with Crippen LogP contribution in [0.3, 0.4) is 0 Å². The summed E-state index contributed by atoms with van der Waals surface area (Å²) in [6.45, 7) is 0.162. The van der Waals surface area contributed by atoms with Crippen LogP contribution in [-0.4, -0.2) is 29.9 Å². The van der Waals surface area contributed by atoms with Gasteiger partial charge in [0.25, 0.3) is 11.5 Å². The molecule has 4 aromatic heterocycles. The predicted molar refractivity (Wildman–Crippen MR) is 83.5 cm³/mol. The molecule has 0 aromatic carbocycles. The first-order chi connectivity index (χ1) is 11.2. The van der Waals surface area contributed by atoms with Crippen LogP contribution in [0.1, 0.15) is 16.2 Å². The van der Waals surface area contributed by atoms with Crippen LogP contribution in [0, 0.1) is 0 Å². The summed E-state index contributed by atoms with van der Waals surface area (Å²) in [5.74, 6) is 0.0920. The highest BCUT2D eigenvalue weighted by Gasteiger charge is 2.14. The van der Waals surface area contributed by atoms with Crippen molar-refractivity contribution in [3.05, 3.63) is 63.9 Å². The van der Waals surface area contributed by atoms with E-state index >= 15 is 0 Å². The van der Waals surface area contributed by atoms with E-state index < -0.39 is 5.91 Å². The summed E-state index contributed by atoms with van der Waals surface area (Å²) in [5, 5.41) is 12.5. The number of amides is 1. The molecule has 23 heavy (non-hydrogen) atoms. The van der Waals surface area contributed by atoms with Gasteiger partial charge in [-0.1, -0.05) is 6.07 Å². The summed E-state index contributed by atoms with van der Waals surface area (Å²) in [6.07, 6.45) is 4.70. The molecule has 4 rings (SSSR count). The summed E-state index contributed by atoms with van der Waals surface area (Å²) in [7, 11) is 0. The van der Waals surface area contributed by atoms with Gasteiger partial charge in [-0.25, -0.2) is 4.98 Å². The molecule has 1 amide bonds. The summed E-state index contributed by atoms with van der Waals surface area (Å²) < 4.78 is 3.12. The highest BCUT2D eigenvalue weighted by atomic mass is 32.1. The molecule has 1 N–H and O–H groups in total. The van der Waals surface area contributed by atoms with E-state index in [2.05, 4.69) is 20.5 Å². The molecule has 4 heterocycles. The van der Waals surface area contributed by atoms with E-state index in [0.29, 0.717) is 16.4 Å². The van der Waals surface area contributed by atoms with E-state index in [0.717, 1.165) is 0 Å². The third-order valence-corrected chi connectivity index (χ3v) is 4.15. The number of fused-ring (bicyclic) bond motifs is 2. The molecule has 0 fully saturated rings. The number of thiazole rings is 1. The predicted octanol–water partition coefficient (Wildman–Crippen LogP) is 0.729. The highest BCUT2D eigenvalue weighted by molar-refractivity contribution is 7.15. The number of hydrogen-bond acceptors (Lipinski definition) is 6. The van der Waals surface area contributed by atoms with Crippen LogP contribution in [0.2, 0.25) is 0 Å². The Kier molecular flexibility index (Phi) is 3.12. The lowest BCUT2D eigenvalue weighted by Crippen LogP contribution is -2.31. The van der Waals surface area contributed by atoms with Crippen LogP contribution < -0.4 is 10.9 Å². The van der Waals surface area contributed by atoms with E-state index in [1.807, 2.05) is 24.4 Å². The molecule has 0 atom stereocenters. The molecule has 0 aliphatic carbocycles. The van der Waals surface area contributed by atoms with Crippen LogP contribution in [0.25, 0.3) is 10.6 Å². The van der Waals surface area contributed by atoms with Gasteiger partial charge in [0.1, 0.15) is 5.56 Å². The zero-order valence-corrected chi connectivity index (χ0v) is 12.5. The van der Waals surface area contributed by atoms with Gasteiger partial charge in [-0.2, -0.15) is 0 Å². The number of carbonyl (C=O) groups is 1. The molecule has 114 valence electrons. The lowest BCUT2D eigenvalue weighted by molar-refractivity contribution is 0.0947. The van der Waals surface area contributed by atoms with E-state index in [4.69, 9.17) is 0 Å². The first-order valence-electron chi connectivity index (χ1n) is 6.76. The average molecular weight is 326 g/mol. The molecule has 8 nitrogen and oxygen atoms in total. The molecule has 9 heteroatoms. The molecular formula is C14H10N6O2S. The van der Waals surface area contributed by atoms with Crippen molar-refractivity contribution in [2.75, 3.05) is 0 Å². The largest absolute Gasteiger partial charge is 0.344 e. The lowest BCUT2D eigenvalue weighted by Gasteiger charge is -2.04. The molecule has 0 aliphatic rings. The van der Waals surface area contributed by atoms with E-state index in [1.54, 1.807) is 16.0 Å². The van der Waals surface area contributed by atoms with Gasteiger partial charge in [0, 0.05) is 24.0 Å². The Bertz CT molecular complexity index is 1080. The zero-order chi connectivity index (χ0) is 15.8. The molecule has 0 aliphatic heterocycles. The SMILES string of the molecule is O=C(NCc1nnc2ccccn12)c1cnc2sccn2c1=O. The molecule has 0 bridgehead atoms. The minimum absolute atomic E-state index is 0.00489. The van der Waals surface area contributed by atoms with E-state index in [1.165, 1.54) is 21.9 Å². The van der Waals surface area contributed by atoms with Crippen molar-refractivity contribution in [2.45, 2.75) is 6.54 Å². The molecule has 4 aromatic rings. The Morgan fingerprint density at radius 2 is 2.13 bits per heavy atom. The van der Waals surface area contributed by atoms with E-state index in [-0.39, 0.29) is 17.7 Å². The fourth-order valence-electron chi connectivity index (χ4n) is 2.25. The van der Waals surface area contributed by atoms with Gasteiger partial charge < -0.3 is 5.32 Å². The number of pyridine rings is 1. The van der Waals surface area contributed by atoms with Crippen molar-refractivity contribution in [2.24, 2.45) is 0 Å². The maximum atomic E-state index is 12.2. The van der Waals surface area contributed by atoms with Crippen molar-refractivity contribution >= 4 is 27.9 Å². The van der Waals surface area contributed by atoms with Gasteiger partial charge in [-0.3, -0.25) is 18.4 Å². The molecule has 0 unspecified atom stereocenters. The molecule has 0 spiro atoms. The molecule has 0 radical (unpaired) electrons. The number of carbonyl (C=O) groups excluding carboxylic acids is 1.